The van der Waals surface area contributed by atoms with Crippen molar-refractivity contribution in [2.24, 2.45) is 0 Å². The van der Waals surface area contributed by atoms with Crippen molar-refractivity contribution in [3.05, 3.63) is 110 Å². The first-order chi connectivity index (χ1) is 14.5. The van der Waals surface area contributed by atoms with Gasteiger partial charge in [-0.05, 0) is 47.6 Å². The minimum absolute atomic E-state index is 0. The van der Waals surface area contributed by atoms with Crippen molar-refractivity contribution in [1.29, 1.82) is 5.26 Å². The van der Waals surface area contributed by atoms with Gasteiger partial charge >= 0.3 is 0 Å². The zero-order chi connectivity index (χ0) is 21.1. The number of hydrogen-bond donors (Lipinski definition) is 1. The highest BCUT2D eigenvalue weighted by molar-refractivity contribution is 7.71. The van der Waals surface area contributed by atoms with Crippen LogP contribution in [0.25, 0.3) is 5.82 Å². The molecule has 0 spiro atoms. The van der Waals surface area contributed by atoms with Gasteiger partial charge in [0.15, 0.2) is 4.77 Å². The van der Waals surface area contributed by atoms with Crippen molar-refractivity contribution in [3.63, 3.8) is 0 Å². The first kappa shape index (κ1) is 22.2. The molecule has 0 aliphatic heterocycles. The zero-order valence-electron chi connectivity index (χ0n) is 15.7. The third kappa shape index (κ3) is 5.00. The molecule has 4 rings (SSSR count). The fourth-order valence-electron chi connectivity index (χ4n) is 3.13. The van der Waals surface area contributed by atoms with Crippen LogP contribution in [0.15, 0.2) is 71.9 Å². The molecule has 0 aliphatic rings. The van der Waals surface area contributed by atoms with Crippen molar-refractivity contribution in [2.75, 3.05) is 0 Å². The number of nitrogens with one attached hydrogen (secondary N) is 1. The number of aromatic nitrogens is 4. The highest BCUT2D eigenvalue weighted by Crippen LogP contribution is 2.14. The van der Waals surface area contributed by atoms with Crippen molar-refractivity contribution >= 4 is 23.8 Å². The summed E-state index contributed by atoms with van der Waals surface area (Å²) in [5, 5.41) is 9.41. The molecule has 8 heteroatoms. The third-order valence-corrected chi connectivity index (χ3v) is 5.26. The molecule has 0 fully saturated rings. The number of nitrogens with zero attached hydrogens (tertiary/aromatic N) is 4. The van der Waals surface area contributed by atoms with Crippen LogP contribution in [0.4, 0.5) is 0 Å². The van der Waals surface area contributed by atoms with E-state index >= 15 is 0 Å². The number of pyridine rings is 2. The third-order valence-electron chi connectivity index (χ3n) is 4.69. The fraction of sp³-hybridized carbons (Fsp3) is 0.130. The predicted octanol–water partition coefficient (Wildman–Crippen LogP) is 4.89. The molecule has 0 radical (unpaired) electrons. The molecule has 1 N–H and O–H groups in total. The second-order valence-electron chi connectivity index (χ2n) is 6.74. The highest BCUT2D eigenvalue weighted by atomic mass is 35.5. The molecule has 4 aromatic rings. The van der Waals surface area contributed by atoms with Gasteiger partial charge in [-0.15, -0.1) is 0 Å². The molecule has 1 aromatic carbocycles. The molecular weight excluding hydrogens is 430 g/mol. The Hall–Kier alpha value is -3.47. The number of nitriles is 1. The summed E-state index contributed by atoms with van der Waals surface area (Å²) in [4.78, 5) is 19.5. The Balaban J connectivity index is 0.00000272. The number of imidazole rings is 1. The lowest BCUT2D eigenvalue weighted by Gasteiger charge is -2.10. The molecule has 31 heavy (non-hydrogen) atoms. The van der Waals surface area contributed by atoms with Crippen LogP contribution in [0.2, 0.25) is 5.02 Å². The van der Waals surface area contributed by atoms with Crippen LogP contribution in [0, 0.1) is 16.1 Å². The number of hydrogen-bond acceptors (Lipinski definition) is 4. The molecule has 0 aliphatic carbocycles. The smallest absolute Gasteiger partial charge is 0.256 e. The molecule has 3 heterocycles. The minimum atomic E-state index is -0.197. The topological polar surface area (TPSA) is 79.4 Å². The fourth-order valence-corrected chi connectivity index (χ4v) is 3.53. The zero-order valence-corrected chi connectivity index (χ0v) is 17.3. The molecule has 0 saturated carbocycles. The van der Waals surface area contributed by atoms with Gasteiger partial charge in [-0.3, -0.25) is 9.36 Å². The van der Waals surface area contributed by atoms with Crippen molar-refractivity contribution in [2.45, 2.75) is 20.4 Å². The Bertz CT molecular complexity index is 1340. The number of halogens is 1. The second kappa shape index (κ2) is 9.56. The summed E-state index contributed by atoms with van der Waals surface area (Å²) in [5.74, 6) is 0.502. The predicted molar refractivity (Wildman–Crippen MR) is 124 cm³/mol. The minimum Gasteiger partial charge on any atom is -0.337 e. The molecular formula is C23H20ClN5OS. The van der Waals surface area contributed by atoms with Crippen LogP contribution in [-0.4, -0.2) is 19.1 Å². The Kier molecular flexibility index (Phi) is 6.85. The number of H-pyrrole nitrogens is 1. The summed E-state index contributed by atoms with van der Waals surface area (Å²) in [7, 11) is 0. The normalized spacial score (nSPS) is 10.3. The van der Waals surface area contributed by atoms with Crippen LogP contribution in [0.3, 0.4) is 0 Å². The van der Waals surface area contributed by atoms with Crippen LogP contribution < -0.4 is 5.56 Å². The molecule has 3 aromatic heterocycles. The van der Waals surface area contributed by atoms with Crippen LogP contribution in [0.1, 0.15) is 29.8 Å². The van der Waals surface area contributed by atoms with Crippen LogP contribution in [-0.2, 0) is 13.0 Å². The molecule has 6 nitrogen and oxygen atoms in total. The van der Waals surface area contributed by atoms with Gasteiger partial charge in [0.25, 0.3) is 5.56 Å². The van der Waals surface area contributed by atoms with Gasteiger partial charge in [0.1, 0.15) is 5.82 Å². The number of rotatable bonds is 5. The van der Waals surface area contributed by atoms with Crippen molar-refractivity contribution in [3.8, 4) is 11.9 Å². The Morgan fingerprint density at radius 2 is 1.84 bits per heavy atom. The Morgan fingerprint density at radius 3 is 2.52 bits per heavy atom. The summed E-state index contributed by atoms with van der Waals surface area (Å²) < 4.78 is 4.04. The molecule has 0 atom stereocenters. The van der Waals surface area contributed by atoms with Gasteiger partial charge in [0.05, 0.1) is 23.2 Å². The summed E-state index contributed by atoms with van der Waals surface area (Å²) in [6, 6.07) is 16.3. The molecule has 0 bridgehead atoms. The van der Waals surface area contributed by atoms with E-state index in [9.17, 15) is 4.79 Å². The first-order valence-electron chi connectivity index (χ1n) is 9.13. The van der Waals surface area contributed by atoms with E-state index in [-0.39, 0.29) is 13.0 Å². The SMILES string of the molecule is C.N#Cc1ccc(Cc2c[nH]c(=S)n2Cc2ccc(-n3cc(Cl)ccc3=O)nc2)cc1. The van der Waals surface area contributed by atoms with E-state index in [0.717, 1.165) is 16.8 Å². The van der Waals surface area contributed by atoms with Gasteiger partial charge in [-0.25, -0.2) is 4.98 Å². The summed E-state index contributed by atoms with van der Waals surface area (Å²) >= 11 is 11.4. The summed E-state index contributed by atoms with van der Waals surface area (Å²) in [6.07, 6.45) is 5.85. The van der Waals surface area contributed by atoms with E-state index in [1.165, 1.54) is 10.6 Å². The Labute approximate surface area is 190 Å². The number of aromatic amines is 1. The van der Waals surface area contributed by atoms with E-state index < -0.39 is 0 Å². The van der Waals surface area contributed by atoms with Crippen molar-refractivity contribution in [1.82, 2.24) is 19.1 Å². The van der Waals surface area contributed by atoms with Gasteiger partial charge in [0.2, 0.25) is 0 Å². The lowest BCUT2D eigenvalue weighted by Crippen LogP contribution is -2.17. The van der Waals surface area contributed by atoms with Gasteiger partial charge in [-0.2, -0.15) is 5.26 Å². The molecule has 0 amide bonds. The Morgan fingerprint density at radius 1 is 1.10 bits per heavy atom. The molecule has 0 saturated heterocycles. The van der Waals surface area contributed by atoms with Crippen molar-refractivity contribution < 1.29 is 0 Å². The lowest BCUT2D eigenvalue weighted by atomic mass is 10.1. The highest BCUT2D eigenvalue weighted by Gasteiger charge is 2.08. The average molecular weight is 450 g/mol. The largest absolute Gasteiger partial charge is 0.337 e. The summed E-state index contributed by atoms with van der Waals surface area (Å²) in [5.41, 5.74) is 3.50. The second-order valence-corrected chi connectivity index (χ2v) is 7.56. The number of benzene rings is 1. The average Bonchev–Trinajstić information content (AvgIpc) is 3.10. The molecule has 156 valence electrons. The molecule has 0 unspecified atom stereocenters. The van der Waals surface area contributed by atoms with Crippen LogP contribution in [0.5, 0.6) is 0 Å². The van der Waals surface area contributed by atoms with E-state index in [2.05, 4.69) is 16.0 Å². The first-order valence-corrected chi connectivity index (χ1v) is 9.92. The maximum absolute atomic E-state index is 12.0. The van der Waals surface area contributed by atoms with Gasteiger partial charge in [-0.1, -0.05) is 37.2 Å². The van der Waals surface area contributed by atoms with E-state index in [1.807, 2.05) is 29.0 Å². The quantitative estimate of drug-likeness (QED) is 0.440. The maximum atomic E-state index is 12.0. The van der Waals surface area contributed by atoms with Crippen LogP contribution >= 0.6 is 23.8 Å². The standard InChI is InChI=1S/C22H16ClN5OS.CH4/c23-18-6-8-21(29)28(14-18)20-7-5-17(11-25-20)13-27-19(12-26-22(27)30)9-15-1-3-16(10-24)4-2-15;/h1-8,11-12,14H,9,13H2,(H,26,30);1H4. The van der Waals surface area contributed by atoms with E-state index in [4.69, 9.17) is 29.1 Å². The monoisotopic (exact) mass is 449 g/mol. The van der Waals surface area contributed by atoms with E-state index in [0.29, 0.717) is 34.1 Å². The van der Waals surface area contributed by atoms with E-state index in [1.54, 1.807) is 36.7 Å². The van der Waals surface area contributed by atoms with Gasteiger partial charge in [0, 0.05) is 36.8 Å². The lowest BCUT2D eigenvalue weighted by molar-refractivity contribution is 0.738. The van der Waals surface area contributed by atoms with Gasteiger partial charge < -0.3 is 9.55 Å². The maximum Gasteiger partial charge on any atom is 0.256 e. The summed E-state index contributed by atoms with van der Waals surface area (Å²) in [6.45, 7) is 0.547.